The van der Waals surface area contributed by atoms with Crippen LogP contribution in [0.2, 0.25) is 0 Å². The molecule has 70 valence electrons. The summed E-state index contributed by atoms with van der Waals surface area (Å²) in [5, 5.41) is 3.76. The lowest BCUT2D eigenvalue weighted by atomic mass is 10.2. The minimum Gasteiger partial charge on any atom is -0.301 e. The average molecular weight is 186 g/mol. The number of nitrogens with zero attached hydrogens (tertiary/aromatic N) is 1. The van der Waals surface area contributed by atoms with Crippen molar-refractivity contribution in [1.29, 1.82) is 0 Å². The molecule has 1 N–H and O–H groups in total. The summed E-state index contributed by atoms with van der Waals surface area (Å²) in [6.45, 7) is 3.61. The van der Waals surface area contributed by atoms with Crippen molar-refractivity contribution < 1.29 is 4.79 Å². The molecule has 3 nitrogen and oxygen atoms in total. The van der Waals surface area contributed by atoms with Crippen molar-refractivity contribution in [2.75, 3.05) is 0 Å². The Morgan fingerprint density at radius 2 is 2.07 bits per heavy atom. The fourth-order valence-corrected chi connectivity index (χ4v) is 1.30. The van der Waals surface area contributed by atoms with Gasteiger partial charge in [0.15, 0.2) is 6.29 Å². The van der Waals surface area contributed by atoms with Gasteiger partial charge in [-0.05, 0) is 0 Å². The van der Waals surface area contributed by atoms with Crippen molar-refractivity contribution in [3.8, 4) is 0 Å². The molecule has 1 heterocycles. The van der Waals surface area contributed by atoms with Crippen LogP contribution in [0.25, 0.3) is 12.4 Å². The van der Waals surface area contributed by atoms with Gasteiger partial charge in [-0.3, -0.25) is 9.80 Å². The van der Waals surface area contributed by atoms with E-state index in [-0.39, 0.29) is 0 Å². The molecular formula is C11H10N2O. The zero-order valence-electron chi connectivity index (χ0n) is 7.60. The van der Waals surface area contributed by atoms with Gasteiger partial charge in [0.25, 0.3) is 0 Å². The first-order chi connectivity index (χ1) is 6.81. The van der Waals surface area contributed by atoms with Gasteiger partial charge in [0.05, 0.1) is 5.70 Å². The van der Waals surface area contributed by atoms with E-state index >= 15 is 0 Å². The van der Waals surface area contributed by atoms with E-state index in [0.717, 1.165) is 10.4 Å². The van der Waals surface area contributed by atoms with Crippen LogP contribution in [0.15, 0.2) is 36.5 Å². The van der Waals surface area contributed by atoms with Gasteiger partial charge < -0.3 is 5.43 Å². The summed E-state index contributed by atoms with van der Waals surface area (Å²) in [7, 11) is 0. The highest BCUT2D eigenvalue weighted by Gasteiger charge is 2.03. The van der Waals surface area contributed by atoms with E-state index in [1.54, 1.807) is 5.01 Å². The highest BCUT2D eigenvalue weighted by atomic mass is 16.1. The Morgan fingerprint density at radius 3 is 2.79 bits per heavy atom. The van der Waals surface area contributed by atoms with Crippen LogP contribution in [-0.4, -0.2) is 11.3 Å². The maximum Gasteiger partial charge on any atom is 0.167 e. The summed E-state index contributed by atoms with van der Waals surface area (Å²) in [4.78, 5) is 10.5. The third kappa shape index (κ3) is 1.40. The second-order valence-electron chi connectivity index (χ2n) is 3.01. The van der Waals surface area contributed by atoms with Gasteiger partial charge in [-0.25, -0.2) is 0 Å². The molecule has 0 radical (unpaired) electrons. The second kappa shape index (κ2) is 3.38. The predicted molar refractivity (Wildman–Crippen MR) is 54.8 cm³/mol. The standard InChI is InChI=1S/C11H10N2O/c1-9(8-14)13-7-11-5-3-2-4-10(11)6-12-13/h2-8,12H,1H2. The lowest BCUT2D eigenvalue weighted by Crippen LogP contribution is -2.41. The van der Waals surface area contributed by atoms with E-state index in [9.17, 15) is 4.79 Å². The van der Waals surface area contributed by atoms with Crippen molar-refractivity contribution in [3.05, 3.63) is 47.0 Å². The molecule has 0 unspecified atom stereocenters. The van der Waals surface area contributed by atoms with E-state index in [1.807, 2.05) is 36.7 Å². The molecule has 0 saturated heterocycles. The number of carbonyl (C=O) groups excluding carboxylic acids is 1. The van der Waals surface area contributed by atoms with Crippen molar-refractivity contribution in [1.82, 2.24) is 10.4 Å². The SMILES string of the molecule is C=C(C=O)N1C=c2ccccc2=CN1. The summed E-state index contributed by atoms with van der Waals surface area (Å²) < 4.78 is 0. The Labute approximate surface area is 81.6 Å². The number of benzene rings is 1. The van der Waals surface area contributed by atoms with Gasteiger partial charge in [-0.1, -0.05) is 30.8 Å². The maximum atomic E-state index is 10.5. The average Bonchev–Trinajstić information content (AvgIpc) is 2.27. The molecule has 1 aliphatic heterocycles. The monoisotopic (exact) mass is 186 g/mol. The number of hydrazine groups is 1. The number of fused-ring (bicyclic) bond motifs is 1. The number of allylic oxidation sites excluding steroid dienone is 1. The van der Waals surface area contributed by atoms with Gasteiger partial charge >= 0.3 is 0 Å². The molecule has 0 aromatic heterocycles. The number of hydrogen-bond donors (Lipinski definition) is 1. The summed E-state index contributed by atoms with van der Waals surface area (Å²) in [6.07, 6.45) is 4.39. The molecular weight excluding hydrogens is 176 g/mol. The molecule has 14 heavy (non-hydrogen) atoms. The van der Waals surface area contributed by atoms with E-state index in [1.165, 1.54) is 0 Å². The third-order valence-electron chi connectivity index (χ3n) is 2.07. The van der Waals surface area contributed by atoms with Crippen LogP contribution in [0.3, 0.4) is 0 Å². The smallest absolute Gasteiger partial charge is 0.167 e. The number of nitrogens with one attached hydrogen (secondary N) is 1. The molecule has 2 rings (SSSR count). The van der Waals surface area contributed by atoms with E-state index in [4.69, 9.17) is 0 Å². The Kier molecular flexibility index (Phi) is 2.07. The first-order valence-electron chi connectivity index (χ1n) is 4.28. The zero-order valence-corrected chi connectivity index (χ0v) is 7.60. The number of hydrogen-bond acceptors (Lipinski definition) is 3. The minimum absolute atomic E-state index is 0.385. The van der Waals surface area contributed by atoms with Crippen molar-refractivity contribution in [2.45, 2.75) is 0 Å². The molecule has 0 spiro atoms. The van der Waals surface area contributed by atoms with Crippen LogP contribution in [0.5, 0.6) is 0 Å². The molecule has 0 amide bonds. The number of carbonyl (C=O) groups is 1. The first kappa shape index (κ1) is 8.56. The van der Waals surface area contributed by atoms with Crippen LogP contribution >= 0.6 is 0 Å². The summed E-state index contributed by atoms with van der Waals surface area (Å²) >= 11 is 0. The quantitative estimate of drug-likeness (QED) is 0.508. The highest BCUT2D eigenvalue weighted by molar-refractivity contribution is 5.72. The van der Waals surface area contributed by atoms with E-state index in [2.05, 4.69) is 12.0 Å². The summed E-state index contributed by atoms with van der Waals surface area (Å²) in [6, 6.07) is 7.91. The molecule has 0 bridgehead atoms. The number of rotatable bonds is 2. The molecule has 1 aliphatic rings. The van der Waals surface area contributed by atoms with Crippen LogP contribution in [0.4, 0.5) is 0 Å². The Bertz CT molecular complexity index is 490. The third-order valence-corrected chi connectivity index (χ3v) is 2.07. The largest absolute Gasteiger partial charge is 0.301 e. The van der Waals surface area contributed by atoms with Gasteiger partial charge in [0.1, 0.15) is 0 Å². The Hall–Kier alpha value is -2.03. The van der Waals surface area contributed by atoms with Gasteiger partial charge in [0, 0.05) is 22.8 Å². The van der Waals surface area contributed by atoms with Crippen LogP contribution < -0.4 is 15.9 Å². The predicted octanol–water partition coefficient (Wildman–Crippen LogP) is -0.305. The Morgan fingerprint density at radius 1 is 1.36 bits per heavy atom. The fourth-order valence-electron chi connectivity index (χ4n) is 1.30. The first-order valence-corrected chi connectivity index (χ1v) is 4.28. The maximum absolute atomic E-state index is 10.5. The topological polar surface area (TPSA) is 32.3 Å². The van der Waals surface area contributed by atoms with Gasteiger partial charge in [-0.2, -0.15) is 0 Å². The normalized spacial score (nSPS) is 13.0. The lowest BCUT2D eigenvalue weighted by Gasteiger charge is -2.21. The summed E-state index contributed by atoms with van der Waals surface area (Å²) in [5.41, 5.74) is 3.33. The van der Waals surface area contributed by atoms with Crippen LogP contribution in [0, 0.1) is 0 Å². The molecule has 0 saturated carbocycles. The molecule has 1 aromatic rings. The molecule has 0 fully saturated rings. The highest BCUT2D eigenvalue weighted by Crippen LogP contribution is 1.96. The fraction of sp³-hybridized carbons (Fsp3) is 0. The van der Waals surface area contributed by atoms with Gasteiger partial charge in [-0.15, -0.1) is 0 Å². The van der Waals surface area contributed by atoms with E-state index in [0.29, 0.717) is 12.0 Å². The molecule has 1 aromatic carbocycles. The van der Waals surface area contributed by atoms with Gasteiger partial charge in [0.2, 0.25) is 0 Å². The Balaban J connectivity index is 2.48. The molecule has 3 heteroatoms. The summed E-state index contributed by atoms with van der Waals surface area (Å²) in [5.74, 6) is 0. The van der Waals surface area contributed by atoms with Crippen LogP contribution in [0.1, 0.15) is 0 Å². The zero-order chi connectivity index (χ0) is 9.97. The van der Waals surface area contributed by atoms with Crippen LogP contribution in [-0.2, 0) is 4.79 Å². The van der Waals surface area contributed by atoms with Crippen molar-refractivity contribution >= 4 is 18.7 Å². The van der Waals surface area contributed by atoms with Crippen molar-refractivity contribution in [3.63, 3.8) is 0 Å². The lowest BCUT2D eigenvalue weighted by molar-refractivity contribution is -0.106. The minimum atomic E-state index is 0.385. The molecule has 0 aliphatic carbocycles. The second-order valence-corrected chi connectivity index (χ2v) is 3.01. The number of aldehydes is 1. The van der Waals surface area contributed by atoms with Crippen molar-refractivity contribution in [2.24, 2.45) is 0 Å². The molecule has 0 atom stereocenters. The van der Waals surface area contributed by atoms with E-state index < -0.39 is 0 Å².